The highest BCUT2D eigenvalue weighted by molar-refractivity contribution is 5.87. The molecule has 0 radical (unpaired) electrons. The Balaban J connectivity index is 2.21. The SMILES string of the molecule is CN1C=CC(c2cccc3ccccc23)C1=C=O. The lowest BCUT2D eigenvalue weighted by atomic mass is 9.92. The average molecular weight is 235 g/mol. The van der Waals surface area contributed by atoms with Crippen LogP contribution in [0, 0.1) is 0 Å². The summed E-state index contributed by atoms with van der Waals surface area (Å²) in [5.74, 6) is 2.07. The zero-order valence-corrected chi connectivity index (χ0v) is 10.1. The molecule has 1 heterocycles. The molecule has 0 spiro atoms. The molecule has 0 saturated carbocycles. The van der Waals surface area contributed by atoms with E-state index in [-0.39, 0.29) is 5.92 Å². The van der Waals surface area contributed by atoms with Gasteiger partial charge in [-0.2, -0.15) is 0 Å². The Hall–Kier alpha value is -2.31. The fourth-order valence-corrected chi connectivity index (χ4v) is 2.51. The van der Waals surface area contributed by atoms with Crippen LogP contribution in [0.4, 0.5) is 0 Å². The molecule has 18 heavy (non-hydrogen) atoms. The lowest BCUT2D eigenvalue weighted by Crippen LogP contribution is -2.10. The van der Waals surface area contributed by atoms with Crippen molar-refractivity contribution in [2.24, 2.45) is 0 Å². The van der Waals surface area contributed by atoms with E-state index in [4.69, 9.17) is 0 Å². The summed E-state index contributed by atoms with van der Waals surface area (Å²) in [5, 5.41) is 2.39. The molecule has 2 nitrogen and oxygen atoms in total. The Morgan fingerprint density at radius 1 is 1.11 bits per heavy atom. The maximum absolute atomic E-state index is 11.1. The molecule has 0 saturated heterocycles. The molecule has 0 aromatic heterocycles. The van der Waals surface area contributed by atoms with Crippen molar-refractivity contribution in [3.05, 3.63) is 66.0 Å². The van der Waals surface area contributed by atoms with Gasteiger partial charge in [-0.3, -0.25) is 0 Å². The van der Waals surface area contributed by atoms with Gasteiger partial charge in [-0.05, 0) is 16.3 Å². The van der Waals surface area contributed by atoms with Gasteiger partial charge in [0.25, 0.3) is 0 Å². The second-order valence-electron chi connectivity index (χ2n) is 4.49. The van der Waals surface area contributed by atoms with E-state index in [0.29, 0.717) is 5.70 Å². The Morgan fingerprint density at radius 3 is 2.72 bits per heavy atom. The van der Waals surface area contributed by atoms with E-state index < -0.39 is 0 Å². The number of rotatable bonds is 1. The second kappa shape index (κ2) is 4.17. The number of nitrogens with zero attached hydrogens (tertiary/aromatic N) is 1. The summed E-state index contributed by atoms with van der Waals surface area (Å²) in [4.78, 5) is 12.9. The fourth-order valence-electron chi connectivity index (χ4n) is 2.51. The van der Waals surface area contributed by atoms with Crippen LogP contribution in [0.1, 0.15) is 11.5 Å². The molecular formula is C16H13NO. The quantitative estimate of drug-likeness (QED) is 0.708. The molecule has 1 aliphatic heterocycles. The molecule has 88 valence electrons. The summed E-state index contributed by atoms with van der Waals surface area (Å²) in [6.07, 6.45) is 3.97. The minimum absolute atomic E-state index is 0.0126. The Morgan fingerprint density at radius 2 is 1.89 bits per heavy atom. The molecule has 1 atom stereocenters. The van der Waals surface area contributed by atoms with E-state index >= 15 is 0 Å². The Bertz CT molecular complexity index is 675. The van der Waals surface area contributed by atoms with Gasteiger partial charge in [0.1, 0.15) is 11.6 Å². The van der Waals surface area contributed by atoms with Gasteiger partial charge in [-0.15, -0.1) is 0 Å². The molecule has 0 aliphatic carbocycles. The first-order chi connectivity index (χ1) is 8.81. The molecule has 1 unspecified atom stereocenters. The van der Waals surface area contributed by atoms with E-state index in [9.17, 15) is 4.79 Å². The van der Waals surface area contributed by atoms with Crippen molar-refractivity contribution in [2.45, 2.75) is 5.92 Å². The van der Waals surface area contributed by atoms with E-state index in [2.05, 4.69) is 30.2 Å². The van der Waals surface area contributed by atoms with E-state index in [0.717, 1.165) is 5.56 Å². The van der Waals surface area contributed by atoms with Crippen LogP contribution in [0.25, 0.3) is 10.8 Å². The van der Waals surface area contributed by atoms with Crippen LogP contribution in [0.15, 0.2) is 60.4 Å². The van der Waals surface area contributed by atoms with Crippen molar-refractivity contribution < 1.29 is 4.79 Å². The largest absolute Gasteiger partial charge is 0.345 e. The van der Waals surface area contributed by atoms with Gasteiger partial charge in [0.2, 0.25) is 0 Å². The monoisotopic (exact) mass is 235 g/mol. The van der Waals surface area contributed by atoms with Crippen molar-refractivity contribution >= 4 is 16.7 Å². The highest BCUT2D eigenvalue weighted by Crippen LogP contribution is 2.35. The fraction of sp³-hybridized carbons (Fsp3) is 0.125. The van der Waals surface area contributed by atoms with E-state index in [1.54, 1.807) is 0 Å². The van der Waals surface area contributed by atoms with Crippen LogP contribution >= 0.6 is 0 Å². The van der Waals surface area contributed by atoms with Crippen molar-refractivity contribution in [1.29, 1.82) is 0 Å². The number of likely N-dealkylation sites (N-methyl/N-ethyl adjacent to an activating group) is 1. The lowest BCUT2D eigenvalue weighted by molar-refractivity contribution is 0.536. The summed E-state index contributed by atoms with van der Waals surface area (Å²) in [7, 11) is 1.88. The zero-order chi connectivity index (χ0) is 12.5. The van der Waals surface area contributed by atoms with Crippen LogP contribution in [0.5, 0.6) is 0 Å². The van der Waals surface area contributed by atoms with Crippen molar-refractivity contribution in [1.82, 2.24) is 4.90 Å². The zero-order valence-electron chi connectivity index (χ0n) is 10.1. The van der Waals surface area contributed by atoms with Gasteiger partial charge >= 0.3 is 0 Å². The summed E-state index contributed by atoms with van der Waals surface area (Å²) in [6.45, 7) is 0. The Labute approximate surface area is 106 Å². The van der Waals surface area contributed by atoms with Gasteiger partial charge in [-0.1, -0.05) is 48.5 Å². The molecule has 0 N–H and O–H groups in total. The molecule has 0 amide bonds. The number of benzene rings is 2. The minimum Gasteiger partial charge on any atom is -0.345 e. The Kier molecular flexibility index (Phi) is 2.51. The predicted molar refractivity (Wildman–Crippen MR) is 72.8 cm³/mol. The van der Waals surface area contributed by atoms with Crippen molar-refractivity contribution in [2.75, 3.05) is 7.05 Å². The third-order valence-electron chi connectivity index (χ3n) is 3.44. The number of hydrogen-bond acceptors (Lipinski definition) is 2. The van der Waals surface area contributed by atoms with E-state index in [1.165, 1.54) is 10.8 Å². The maximum atomic E-state index is 11.1. The maximum Gasteiger partial charge on any atom is 0.147 e. The number of hydrogen-bond donors (Lipinski definition) is 0. The van der Waals surface area contributed by atoms with Crippen LogP contribution in [0.3, 0.4) is 0 Å². The number of fused-ring (bicyclic) bond motifs is 1. The first-order valence-electron chi connectivity index (χ1n) is 5.95. The highest BCUT2D eigenvalue weighted by atomic mass is 16.1. The summed E-state index contributed by atoms with van der Waals surface area (Å²) < 4.78 is 0. The molecule has 0 bridgehead atoms. The first-order valence-corrected chi connectivity index (χ1v) is 5.95. The predicted octanol–water partition coefficient (Wildman–Crippen LogP) is 3.10. The molecule has 2 aromatic carbocycles. The summed E-state index contributed by atoms with van der Waals surface area (Å²) >= 11 is 0. The topological polar surface area (TPSA) is 20.3 Å². The lowest BCUT2D eigenvalue weighted by Gasteiger charge is -2.15. The first kappa shape index (κ1) is 10.8. The summed E-state index contributed by atoms with van der Waals surface area (Å²) in [6, 6.07) is 14.4. The second-order valence-corrected chi connectivity index (χ2v) is 4.49. The van der Waals surface area contributed by atoms with E-state index in [1.807, 2.05) is 42.4 Å². The van der Waals surface area contributed by atoms with Crippen LogP contribution in [-0.4, -0.2) is 17.9 Å². The summed E-state index contributed by atoms with van der Waals surface area (Å²) in [5.41, 5.74) is 1.83. The molecule has 3 rings (SSSR count). The smallest absolute Gasteiger partial charge is 0.147 e. The van der Waals surface area contributed by atoms with Gasteiger partial charge in [-0.25, -0.2) is 4.79 Å². The van der Waals surface area contributed by atoms with Crippen molar-refractivity contribution in [3.63, 3.8) is 0 Å². The van der Waals surface area contributed by atoms with Gasteiger partial charge in [0.05, 0.1) is 5.92 Å². The van der Waals surface area contributed by atoms with Gasteiger partial charge in [0, 0.05) is 13.2 Å². The standard InChI is InChI=1S/C16H13NO/c1-17-10-9-15(16(17)11-18)14-8-4-6-12-5-2-3-7-13(12)14/h2-10,15H,1H3. The molecule has 1 aliphatic rings. The van der Waals surface area contributed by atoms with Crippen LogP contribution < -0.4 is 0 Å². The normalized spacial score (nSPS) is 18.4. The highest BCUT2D eigenvalue weighted by Gasteiger charge is 2.24. The van der Waals surface area contributed by atoms with Gasteiger partial charge in [0.15, 0.2) is 0 Å². The third-order valence-corrected chi connectivity index (χ3v) is 3.44. The van der Waals surface area contributed by atoms with Crippen LogP contribution in [-0.2, 0) is 4.79 Å². The molecule has 2 aromatic rings. The number of carbonyl (C=O) groups excluding carboxylic acids is 1. The minimum atomic E-state index is 0.0126. The average Bonchev–Trinajstić information content (AvgIpc) is 2.79. The number of allylic oxidation sites excluding steroid dienone is 1. The third kappa shape index (κ3) is 1.55. The molecule has 2 heteroatoms. The molecule has 0 fully saturated rings. The molecular weight excluding hydrogens is 222 g/mol. The van der Waals surface area contributed by atoms with Crippen molar-refractivity contribution in [3.8, 4) is 0 Å². The van der Waals surface area contributed by atoms with Gasteiger partial charge < -0.3 is 4.90 Å². The van der Waals surface area contributed by atoms with Crippen LogP contribution in [0.2, 0.25) is 0 Å².